The topological polar surface area (TPSA) is 57.5 Å². The Morgan fingerprint density at radius 3 is 2.64 bits per heavy atom. The Labute approximate surface area is 170 Å². The lowest BCUT2D eigenvalue weighted by Gasteiger charge is -2.13. The summed E-state index contributed by atoms with van der Waals surface area (Å²) in [5, 5.41) is 10.0. The molecule has 1 aliphatic heterocycles. The first-order chi connectivity index (χ1) is 11.8. The highest BCUT2D eigenvalue weighted by Gasteiger charge is 2.15. The van der Waals surface area contributed by atoms with Crippen LogP contribution in [0.25, 0.3) is 0 Å². The average Bonchev–Trinajstić information content (AvgIpc) is 3.34. The molecule has 1 aliphatic rings. The van der Waals surface area contributed by atoms with Gasteiger partial charge >= 0.3 is 0 Å². The van der Waals surface area contributed by atoms with Crippen LogP contribution >= 0.6 is 35.3 Å². The maximum atomic E-state index is 4.75. The van der Waals surface area contributed by atoms with Gasteiger partial charge in [-0.2, -0.15) is 0 Å². The van der Waals surface area contributed by atoms with E-state index in [4.69, 9.17) is 4.98 Å². The van der Waals surface area contributed by atoms with Crippen molar-refractivity contribution < 1.29 is 0 Å². The van der Waals surface area contributed by atoms with Gasteiger partial charge in [0.05, 0.1) is 5.69 Å². The zero-order valence-electron chi connectivity index (χ0n) is 14.6. The fourth-order valence-corrected chi connectivity index (χ4v) is 3.73. The van der Waals surface area contributed by atoms with Gasteiger partial charge < -0.3 is 20.1 Å². The summed E-state index contributed by atoms with van der Waals surface area (Å²) in [7, 11) is 1.80. The van der Waals surface area contributed by atoms with Crippen molar-refractivity contribution in [2.45, 2.75) is 25.8 Å². The second kappa shape index (κ2) is 10.6. The fraction of sp³-hybridized carbons (Fsp3) is 0.529. The van der Waals surface area contributed by atoms with Gasteiger partial charge in [0.1, 0.15) is 0 Å². The van der Waals surface area contributed by atoms with Gasteiger partial charge in [-0.3, -0.25) is 4.99 Å². The summed E-state index contributed by atoms with van der Waals surface area (Å²) in [6.07, 6.45) is 7.64. The summed E-state index contributed by atoms with van der Waals surface area (Å²) in [5.41, 5.74) is 1.16. The van der Waals surface area contributed by atoms with Gasteiger partial charge in [0.2, 0.25) is 0 Å². The van der Waals surface area contributed by atoms with E-state index >= 15 is 0 Å². The Morgan fingerprint density at radius 1 is 1.20 bits per heavy atom. The van der Waals surface area contributed by atoms with E-state index in [2.05, 4.69) is 42.9 Å². The molecular formula is C17H27IN6S. The lowest BCUT2D eigenvalue weighted by molar-refractivity contribution is 0.664. The first kappa shape index (κ1) is 20.0. The molecule has 3 rings (SSSR count). The SMILES string of the molecule is CN=C(NCCc1csc(N2CCCC2)n1)NCCn1cccc1.I. The second-order valence-electron chi connectivity index (χ2n) is 5.91. The molecule has 6 nitrogen and oxygen atoms in total. The van der Waals surface area contributed by atoms with Gasteiger partial charge in [0, 0.05) is 64.0 Å². The lowest BCUT2D eigenvalue weighted by atomic mass is 10.3. The molecule has 0 bridgehead atoms. The number of halogens is 1. The fourth-order valence-electron chi connectivity index (χ4n) is 2.82. The Morgan fingerprint density at radius 2 is 1.92 bits per heavy atom. The van der Waals surface area contributed by atoms with Crippen LogP contribution in [0.15, 0.2) is 34.9 Å². The monoisotopic (exact) mass is 474 g/mol. The predicted octanol–water partition coefficient (Wildman–Crippen LogP) is 2.57. The van der Waals surface area contributed by atoms with Crippen LogP contribution in [0.3, 0.4) is 0 Å². The molecule has 2 N–H and O–H groups in total. The van der Waals surface area contributed by atoms with Crippen LogP contribution in [0, 0.1) is 0 Å². The quantitative estimate of drug-likeness (QED) is 0.368. The molecule has 0 unspecified atom stereocenters. The number of anilines is 1. The van der Waals surface area contributed by atoms with E-state index < -0.39 is 0 Å². The molecule has 1 fully saturated rings. The van der Waals surface area contributed by atoms with Crippen molar-refractivity contribution in [3.63, 3.8) is 0 Å². The van der Waals surface area contributed by atoms with Crippen LogP contribution in [0.2, 0.25) is 0 Å². The Kier molecular flexibility index (Phi) is 8.53. The highest BCUT2D eigenvalue weighted by molar-refractivity contribution is 14.0. The van der Waals surface area contributed by atoms with E-state index in [9.17, 15) is 0 Å². The molecule has 0 atom stereocenters. The number of hydrogen-bond acceptors (Lipinski definition) is 4. The molecule has 0 aromatic carbocycles. The third-order valence-corrected chi connectivity index (χ3v) is 5.09. The number of thiazole rings is 1. The average molecular weight is 474 g/mol. The van der Waals surface area contributed by atoms with Crippen molar-refractivity contribution in [1.29, 1.82) is 0 Å². The van der Waals surface area contributed by atoms with Crippen LogP contribution < -0.4 is 15.5 Å². The van der Waals surface area contributed by atoms with Crippen LogP contribution in [0.1, 0.15) is 18.5 Å². The van der Waals surface area contributed by atoms with Crippen LogP contribution in [-0.2, 0) is 13.0 Å². The molecule has 2 aromatic rings. The van der Waals surface area contributed by atoms with Gasteiger partial charge in [-0.15, -0.1) is 35.3 Å². The molecule has 138 valence electrons. The van der Waals surface area contributed by atoms with Crippen molar-refractivity contribution >= 4 is 46.4 Å². The highest BCUT2D eigenvalue weighted by atomic mass is 127. The Balaban J connectivity index is 0.00000225. The molecule has 0 radical (unpaired) electrons. The van der Waals surface area contributed by atoms with Crippen LogP contribution in [-0.4, -0.2) is 48.7 Å². The summed E-state index contributed by atoms with van der Waals surface area (Å²) in [4.78, 5) is 11.4. The van der Waals surface area contributed by atoms with Gasteiger partial charge in [-0.05, 0) is 25.0 Å². The first-order valence-corrected chi connectivity index (χ1v) is 9.48. The molecule has 0 amide bonds. The van der Waals surface area contributed by atoms with Crippen molar-refractivity contribution in [3.8, 4) is 0 Å². The zero-order chi connectivity index (χ0) is 16.6. The van der Waals surface area contributed by atoms with Crippen molar-refractivity contribution in [2.24, 2.45) is 4.99 Å². The van der Waals surface area contributed by atoms with E-state index in [1.54, 1.807) is 18.4 Å². The van der Waals surface area contributed by atoms with E-state index in [1.807, 2.05) is 12.1 Å². The molecule has 25 heavy (non-hydrogen) atoms. The number of guanidine groups is 1. The number of nitrogens with one attached hydrogen (secondary N) is 2. The molecule has 3 heterocycles. The van der Waals surface area contributed by atoms with Gasteiger partial charge in [0.25, 0.3) is 0 Å². The summed E-state index contributed by atoms with van der Waals surface area (Å²) < 4.78 is 2.15. The molecule has 0 saturated carbocycles. The zero-order valence-corrected chi connectivity index (χ0v) is 17.8. The predicted molar refractivity (Wildman–Crippen MR) is 116 cm³/mol. The number of aromatic nitrogens is 2. The molecule has 0 aliphatic carbocycles. The Hall–Kier alpha value is -1.29. The van der Waals surface area contributed by atoms with E-state index in [-0.39, 0.29) is 24.0 Å². The molecule has 8 heteroatoms. The number of aliphatic imine (C=N–C) groups is 1. The third kappa shape index (κ3) is 6.18. The minimum atomic E-state index is 0. The summed E-state index contributed by atoms with van der Waals surface area (Å²) in [6, 6.07) is 4.08. The number of nitrogens with zero attached hydrogens (tertiary/aromatic N) is 4. The Bertz CT molecular complexity index is 633. The number of rotatable bonds is 7. The van der Waals surface area contributed by atoms with Gasteiger partial charge in [0.15, 0.2) is 11.1 Å². The second-order valence-corrected chi connectivity index (χ2v) is 6.75. The lowest BCUT2D eigenvalue weighted by Crippen LogP contribution is -2.39. The van der Waals surface area contributed by atoms with E-state index in [1.165, 1.54) is 18.0 Å². The smallest absolute Gasteiger partial charge is 0.191 e. The minimum Gasteiger partial charge on any atom is -0.356 e. The molecule has 2 aromatic heterocycles. The van der Waals surface area contributed by atoms with Crippen molar-refractivity contribution in [3.05, 3.63) is 35.6 Å². The first-order valence-electron chi connectivity index (χ1n) is 8.60. The van der Waals surface area contributed by atoms with E-state index in [0.717, 1.165) is 50.8 Å². The van der Waals surface area contributed by atoms with Crippen LogP contribution in [0.4, 0.5) is 5.13 Å². The summed E-state index contributed by atoms with van der Waals surface area (Å²) in [6.45, 7) is 4.93. The maximum Gasteiger partial charge on any atom is 0.191 e. The molecule has 0 spiro atoms. The standard InChI is InChI=1S/C17H26N6S.HI/c1-18-16(20-8-13-22-9-2-3-10-22)19-7-6-15-14-24-17(21-15)23-11-4-5-12-23;/h2-3,9-10,14H,4-8,11-13H2,1H3,(H2,18,19,20);1H. The molecular weight excluding hydrogens is 447 g/mol. The molecule has 1 saturated heterocycles. The number of hydrogen-bond donors (Lipinski definition) is 2. The third-order valence-electron chi connectivity index (χ3n) is 4.14. The highest BCUT2D eigenvalue weighted by Crippen LogP contribution is 2.24. The van der Waals surface area contributed by atoms with Gasteiger partial charge in [-0.1, -0.05) is 0 Å². The summed E-state index contributed by atoms with van der Waals surface area (Å²) in [5.74, 6) is 0.845. The van der Waals surface area contributed by atoms with Crippen LogP contribution in [0.5, 0.6) is 0 Å². The summed E-state index contributed by atoms with van der Waals surface area (Å²) >= 11 is 1.76. The maximum absolute atomic E-state index is 4.75. The van der Waals surface area contributed by atoms with Crippen molar-refractivity contribution in [2.75, 3.05) is 38.1 Å². The van der Waals surface area contributed by atoms with E-state index in [0.29, 0.717) is 0 Å². The minimum absolute atomic E-state index is 0. The van der Waals surface area contributed by atoms with Gasteiger partial charge in [-0.25, -0.2) is 4.98 Å². The largest absolute Gasteiger partial charge is 0.356 e. The van der Waals surface area contributed by atoms with Crippen molar-refractivity contribution in [1.82, 2.24) is 20.2 Å². The normalized spacial score (nSPS) is 14.4.